The summed E-state index contributed by atoms with van der Waals surface area (Å²) in [6, 6.07) is 13.3. The van der Waals surface area contributed by atoms with Gasteiger partial charge in [-0.2, -0.15) is 0 Å². The zero-order valence-corrected chi connectivity index (χ0v) is 13.0. The Labute approximate surface area is 135 Å². The summed E-state index contributed by atoms with van der Waals surface area (Å²) in [6.45, 7) is 2.31. The molecule has 2 atom stereocenters. The molecular formula is C18H22N2O3. The quantitative estimate of drug-likeness (QED) is 0.855. The number of carbonyl (C=O) groups is 1. The Morgan fingerprint density at radius 2 is 2.13 bits per heavy atom. The number of benzene rings is 1. The van der Waals surface area contributed by atoms with E-state index in [1.807, 2.05) is 30.3 Å². The first-order valence-electron chi connectivity index (χ1n) is 7.99. The number of nitrogens with one attached hydrogen (secondary N) is 1. The van der Waals surface area contributed by atoms with Crippen molar-refractivity contribution >= 4 is 5.91 Å². The average molecular weight is 314 g/mol. The first-order chi connectivity index (χ1) is 11.2. The molecule has 2 unspecified atom stereocenters. The van der Waals surface area contributed by atoms with E-state index < -0.39 is 6.10 Å². The molecule has 2 N–H and O–H groups in total. The van der Waals surface area contributed by atoms with Gasteiger partial charge in [-0.3, -0.25) is 4.79 Å². The van der Waals surface area contributed by atoms with Crippen molar-refractivity contribution in [2.45, 2.75) is 19.1 Å². The van der Waals surface area contributed by atoms with Crippen LogP contribution >= 0.6 is 0 Å². The molecule has 3 rings (SSSR count). The maximum absolute atomic E-state index is 12.8. The fourth-order valence-electron chi connectivity index (χ4n) is 2.94. The van der Waals surface area contributed by atoms with Gasteiger partial charge >= 0.3 is 0 Å². The van der Waals surface area contributed by atoms with Crippen LogP contribution in [0.3, 0.4) is 0 Å². The molecule has 1 amide bonds. The highest BCUT2D eigenvalue weighted by Crippen LogP contribution is 2.20. The summed E-state index contributed by atoms with van der Waals surface area (Å²) < 4.78 is 5.25. The minimum Gasteiger partial charge on any atom is -0.467 e. The number of hydrogen-bond donors (Lipinski definition) is 2. The number of aliphatic hydroxyl groups is 1. The summed E-state index contributed by atoms with van der Waals surface area (Å²) in [5.41, 5.74) is 1.05. The minimum atomic E-state index is -0.813. The first kappa shape index (κ1) is 15.8. The van der Waals surface area contributed by atoms with Crippen LogP contribution in [0.15, 0.2) is 53.1 Å². The van der Waals surface area contributed by atoms with Crippen LogP contribution in [0, 0.1) is 5.92 Å². The maximum Gasteiger partial charge on any atom is 0.227 e. The van der Waals surface area contributed by atoms with Crippen LogP contribution in [0.2, 0.25) is 0 Å². The van der Waals surface area contributed by atoms with Crippen LogP contribution in [0.25, 0.3) is 0 Å². The van der Waals surface area contributed by atoms with Crippen LogP contribution in [0.4, 0.5) is 0 Å². The predicted octanol–water partition coefficient (Wildman–Crippen LogP) is 1.95. The van der Waals surface area contributed by atoms with Gasteiger partial charge in [0.2, 0.25) is 5.91 Å². The molecule has 23 heavy (non-hydrogen) atoms. The lowest BCUT2D eigenvalue weighted by Crippen LogP contribution is -2.39. The third-order valence-corrected chi connectivity index (χ3v) is 4.20. The van der Waals surface area contributed by atoms with Crippen molar-refractivity contribution in [1.29, 1.82) is 0 Å². The molecule has 0 aliphatic carbocycles. The van der Waals surface area contributed by atoms with Gasteiger partial charge < -0.3 is 19.7 Å². The number of carbonyl (C=O) groups excluding carboxylic acids is 1. The van der Waals surface area contributed by atoms with Gasteiger partial charge in [-0.1, -0.05) is 30.3 Å². The van der Waals surface area contributed by atoms with E-state index in [1.165, 1.54) is 6.26 Å². The molecule has 1 aliphatic heterocycles. The fourth-order valence-corrected chi connectivity index (χ4v) is 2.94. The molecule has 1 aromatic carbocycles. The molecule has 1 fully saturated rings. The monoisotopic (exact) mass is 314 g/mol. The Bertz CT molecular complexity index is 606. The number of rotatable bonds is 6. The zero-order valence-electron chi connectivity index (χ0n) is 13.0. The molecular weight excluding hydrogens is 292 g/mol. The van der Waals surface area contributed by atoms with Crippen LogP contribution < -0.4 is 5.32 Å². The largest absolute Gasteiger partial charge is 0.467 e. The smallest absolute Gasteiger partial charge is 0.227 e. The Morgan fingerprint density at radius 1 is 1.30 bits per heavy atom. The molecule has 0 bridgehead atoms. The Balaban J connectivity index is 1.73. The Kier molecular flexibility index (Phi) is 5.10. The highest BCUT2D eigenvalue weighted by molar-refractivity contribution is 5.79. The summed E-state index contributed by atoms with van der Waals surface area (Å²) in [7, 11) is 0. The average Bonchev–Trinajstić information content (AvgIpc) is 3.27. The second-order valence-electron chi connectivity index (χ2n) is 5.93. The van der Waals surface area contributed by atoms with Crippen LogP contribution in [-0.4, -0.2) is 35.5 Å². The molecule has 0 saturated carbocycles. The standard InChI is InChI=1S/C18H22N2O3/c21-16(17-7-4-10-23-17)13-20(12-14-5-2-1-3-6-14)18(22)15-8-9-19-11-15/h1-7,10,15-16,19,21H,8-9,11-13H2. The van der Waals surface area contributed by atoms with Gasteiger partial charge in [0.15, 0.2) is 0 Å². The number of furan rings is 1. The summed E-state index contributed by atoms with van der Waals surface area (Å²) >= 11 is 0. The lowest BCUT2D eigenvalue weighted by atomic mass is 10.1. The molecule has 2 heterocycles. The van der Waals surface area contributed by atoms with Crippen molar-refractivity contribution in [2.24, 2.45) is 5.92 Å². The van der Waals surface area contributed by atoms with E-state index in [9.17, 15) is 9.90 Å². The predicted molar refractivity (Wildman–Crippen MR) is 86.5 cm³/mol. The van der Waals surface area contributed by atoms with Crippen molar-refractivity contribution in [3.63, 3.8) is 0 Å². The van der Waals surface area contributed by atoms with Gasteiger partial charge in [0, 0.05) is 13.1 Å². The van der Waals surface area contributed by atoms with E-state index in [4.69, 9.17) is 4.42 Å². The molecule has 5 nitrogen and oxygen atoms in total. The summed E-state index contributed by atoms with van der Waals surface area (Å²) in [6.07, 6.45) is 1.57. The molecule has 0 spiro atoms. The summed E-state index contributed by atoms with van der Waals surface area (Å²) in [4.78, 5) is 14.5. The second kappa shape index (κ2) is 7.44. The molecule has 1 aromatic heterocycles. The van der Waals surface area contributed by atoms with Crippen LogP contribution in [0.1, 0.15) is 23.8 Å². The van der Waals surface area contributed by atoms with Crippen molar-refractivity contribution in [3.8, 4) is 0 Å². The summed E-state index contributed by atoms with van der Waals surface area (Å²) in [5, 5.41) is 13.6. The number of aliphatic hydroxyl groups excluding tert-OH is 1. The van der Waals surface area contributed by atoms with Gasteiger partial charge in [-0.05, 0) is 30.7 Å². The lowest BCUT2D eigenvalue weighted by Gasteiger charge is -2.27. The van der Waals surface area contributed by atoms with Gasteiger partial charge in [0.05, 0.1) is 18.7 Å². The van der Waals surface area contributed by atoms with E-state index in [2.05, 4.69) is 5.32 Å². The number of nitrogens with zero attached hydrogens (tertiary/aromatic N) is 1. The summed E-state index contributed by atoms with van der Waals surface area (Å²) in [5.74, 6) is 0.562. The first-order valence-corrected chi connectivity index (χ1v) is 7.99. The van der Waals surface area contributed by atoms with Crippen molar-refractivity contribution in [2.75, 3.05) is 19.6 Å². The van der Waals surface area contributed by atoms with E-state index >= 15 is 0 Å². The van der Waals surface area contributed by atoms with E-state index in [1.54, 1.807) is 17.0 Å². The van der Waals surface area contributed by atoms with Crippen molar-refractivity contribution in [1.82, 2.24) is 10.2 Å². The molecule has 1 aliphatic rings. The lowest BCUT2D eigenvalue weighted by molar-refractivity contribution is -0.137. The SMILES string of the molecule is O=C(C1CCNC1)N(Cc1ccccc1)CC(O)c1ccco1. The van der Waals surface area contributed by atoms with E-state index in [-0.39, 0.29) is 18.4 Å². The molecule has 122 valence electrons. The van der Waals surface area contributed by atoms with Crippen molar-refractivity contribution < 1.29 is 14.3 Å². The number of amides is 1. The second-order valence-corrected chi connectivity index (χ2v) is 5.93. The van der Waals surface area contributed by atoms with Gasteiger partial charge in [0.25, 0.3) is 0 Å². The van der Waals surface area contributed by atoms with Gasteiger partial charge in [-0.15, -0.1) is 0 Å². The highest BCUT2D eigenvalue weighted by Gasteiger charge is 2.29. The Morgan fingerprint density at radius 3 is 2.78 bits per heavy atom. The van der Waals surface area contributed by atoms with Crippen LogP contribution in [0.5, 0.6) is 0 Å². The fraction of sp³-hybridized carbons (Fsp3) is 0.389. The third kappa shape index (κ3) is 4.00. The molecule has 0 radical (unpaired) electrons. The molecule has 5 heteroatoms. The number of hydrogen-bond acceptors (Lipinski definition) is 4. The zero-order chi connectivity index (χ0) is 16.1. The van der Waals surface area contributed by atoms with Crippen molar-refractivity contribution in [3.05, 3.63) is 60.1 Å². The van der Waals surface area contributed by atoms with Gasteiger partial charge in [-0.25, -0.2) is 0 Å². The topological polar surface area (TPSA) is 65.7 Å². The normalized spacial score (nSPS) is 18.7. The highest BCUT2D eigenvalue weighted by atomic mass is 16.4. The minimum absolute atomic E-state index is 0.0116. The molecule has 1 saturated heterocycles. The molecule has 2 aromatic rings. The van der Waals surface area contributed by atoms with Crippen LogP contribution in [-0.2, 0) is 11.3 Å². The van der Waals surface area contributed by atoms with E-state index in [0.29, 0.717) is 18.8 Å². The Hall–Kier alpha value is -2.11. The van der Waals surface area contributed by atoms with E-state index in [0.717, 1.165) is 18.5 Å². The third-order valence-electron chi connectivity index (χ3n) is 4.20. The maximum atomic E-state index is 12.8. The van der Waals surface area contributed by atoms with Gasteiger partial charge in [0.1, 0.15) is 11.9 Å².